The lowest BCUT2D eigenvalue weighted by Gasteiger charge is -2.12. The van der Waals surface area contributed by atoms with Gasteiger partial charge in [-0.3, -0.25) is 4.79 Å². The molecule has 1 atom stereocenters. The summed E-state index contributed by atoms with van der Waals surface area (Å²) in [4.78, 5) is 24.6. The van der Waals surface area contributed by atoms with Gasteiger partial charge in [-0.15, -0.1) is 23.1 Å². The number of carboxylic acids is 1. The average molecular weight is 307 g/mol. The zero-order valence-corrected chi connectivity index (χ0v) is 12.1. The van der Waals surface area contributed by atoms with Crippen LogP contribution in [0.2, 0.25) is 0 Å². The van der Waals surface area contributed by atoms with Crippen LogP contribution in [-0.2, 0) is 9.59 Å². The molecule has 6 heteroatoms. The number of aliphatic carboxylic acids is 1. The second-order valence-corrected chi connectivity index (χ2v) is 5.98. The number of amides is 1. The van der Waals surface area contributed by atoms with Gasteiger partial charge in [0.25, 0.3) is 0 Å². The highest BCUT2D eigenvalue weighted by Crippen LogP contribution is 2.20. The number of carbonyl (C=O) groups is 2. The fraction of sp³-hybridized carbons (Fsp3) is 0.143. The molecule has 2 rings (SSSR count). The zero-order valence-electron chi connectivity index (χ0n) is 10.5. The Kier molecular flexibility index (Phi) is 5.20. The number of carboxylic acid groups (broad SMARTS) is 1. The Hall–Kier alpha value is -1.79. The Morgan fingerprint density at radius 2 is 1.95 bits per heavy atom. The van der Waals surface area contributed by atoms with E-state index in [1.165, 1.54) is 23.1 Å². The van der Waals surface area contributed by atoms with E-state index in [9.17, 15) is 9.59 Å². The predicted octanol–water partition coefficient (Wildman–Crippen LogP) is 2.78. The molecule has 0 saturated carbocycles. The summed E-state index contributed by atoms with van der Waals surface area (Å²) in [5.41, 5.74) is 0. The van der Waals surface area contributed by atoms with E-state index in [1.807, 2.05) is 30.3 Å². The maximum atomic E-state index is 11.8. The lowest BCUT2D eigenvalue weighted by atomic mass is 10.2. The highest BCUT2D eigenvalue weighted by atomic mass is 32.2. The molecular weight excluding hydrogens is 294 g/mol. The molecule has 1 amide bonds. The van der Waals surface area contributed by atoms with Crippen LogP contribution >= 0.6 is 23.1 Å². The lowest BCUT2D eigenvalue weighted by molar-refractivity contribution is -0.141. The third-order valence-corrected chi connectivity index (χ3v) is 4.44. The molecule has 0 aliphatic heterocycles. The molecular formula is C14H13NO3S2. The minimum atomic E-state index is -1.05. The third kappa shape index (κ3) is 4.11. The second-order valence-electron chi connectivity index (χ2n) is 3.96. The topological polar surface area (TPSA) is 66.4 Å². The average Bonchev–Trinajstić information content (AvgIpc) is 2.97. The summed E-state index contributed by atoms with van der Waals surface area (Å²) >= 11 is 2.69. The van der Waals surface area contributed by atoms with Crippen molar-refractivity contribution in [3.63, 3.8) is 0 Å². The maximum absolute atomic E-state index is 11.8. The van der Waals surface area contributed by atoms with Gasteiger partial charge in [-0.2, -0.15) is 0 Å². The molecule has 20 heavy (non-hydrogen) atoms. The predicted molar refractivity (Wildman–Crippen MR) is 80.0 cm³/mol. The first-order valence-electron chi connectivity index (χ1n) is 5.90. The highest BCUT2D eigenvalue weighted by molar-refractivity contribution is 8.00. The van der Waals surface area contributed by atoms with Crippen LogP contribution in [0.1, 0.15) is 10.9 Å². The summed E-state index contributed by atoms with van der Waals surface area (Å²) < 4.78 is 0. The van der Waals surface area contributed by atoms with E-state index in [0.717, 1.165) is 4.90 Å². The van der Waals surface area contributed by atoms with Crippen LogP contribution in [0.3, 0.4) is 0 Å². The first-order chi connectivity index (χ1) is 9.66. The molecule has 1 heterocycles. The lowest BCUT2D eigenvalue weighted by Crippen LogP contribution is -2.34. The summed E-state index contributed by atoms with van der Waals surface area (Å²) in [6.07, 6.45) is 0. The van der Waals surface area contributed by atoms with Gasteiger partial charge in [-0.1, -0.05) is 24.3 Å². The molecule has 1 unspecified atom stereocenters. The quantitative estimate of drug-likeness (QED) is 0.805. The summed E-state index contributed by atoms with van der Waals surface area (Å²) in [6.45, 7) is 0. The van der Waals surface area contributed by atoms with Crippen LogP contribution in [0.4, 0.5) is 0 Å². The van der Waals surface area contributed by atoms with Crippen LogP contribution in [0.5, 0.6) is 0 Å². The van der Waals surface area contributed by atoms with Crippen molar-refractivity contribution < 1.29 is 14.7 Å². The van der Waals surface area contributed by atoms with Crippen LogP contribution in [0.15, 0.2) is 52.7 Å². The first kappa shape index (κ1) is 14.6. The monoisotopic (exact) mass is 307 g/mol. The number of benzene rings is 1. The van der Waals surface area contributed by atoms with E-state index in [1.54, 1.807) is 17.5 Å². The van der Waals surface area contributed by atoms with Crippen molar-refractivity contribution in [2.24, 2.45) is 0 Å². The van der Waals surface area contributed by atoms with E-state index < -0.39 is 12.0 Å². The second kappa shape index (κ2) is 7.12. The van der Waals surface area contributed by atoms with Crippen molar-refractivity contribution in [3.05, 3.63) is 52.7 Å². The van der Waals surface area contributed by atoms with E-state index in [2.05, 4.69) is 5.32 Å². The van der Waals surface area contributed by atoms with Crippen molar-refractivity contribution in [2.45, 2.75) is 10.9 Å². The van der Waals surface area contributed by atoms with E-state index >= 15 is 0 Å². The first-order valence-corrected chi connectivity index (χ1v) is 7.77. The highest BCUT2D eigenvalue weighted by Gasteiger charge is 2.22. The van der Waals surface area contributed by atoms with Crippen molar-refractivity contribution >= 4 is 35.0 Å². The van der Waals surface area contributed by atoms with Crippen LogP contribution in [0, 0.1) is 0 Å². The Balaban J connectivity index is 1.91. The van der Waals surface area contributed by atoms with Gasteiger partial charge in [0.2, 0.25) is 5.91 Å². The molecule has 0 spiro atoms. The summed E-state index contributed by atoms with van der Waals surface area (Å²) in [6, 6.07) is 12.0. The van der Waals surface area contributed by atoms with E-state index in [0.29, 0.717) is 4.88 Å². The summed E-state index contributed by atoms with van der Waals surface area (Å²) in [5, 5.41) is 13.5. The maximum Gasteiger partial charge on any atom is 0.331 e. The molecule has 104 valence electrons. The van der Waals surface area contributed by atoms with E-state index in [-0.39, 0.29) is 11.7 Å². The Labute approximate surface area is 124 Å². The molecule has 2 N–H and O–H groups in total. The van der Waals surface area contributed by atoms with Gasteiger partial charge >= 0.3 is 5.97 Å². The van der Waals surface area contributed by atoms with Gasteiger partial charge in [0.1, 0.15) is 0 Å². The minimum Gasteiger partial charge on any atom is -0.479 e. The van der Waals surface area contributed by atoms with Gasteiger partial charge in [0.15, 0.2) is 6.04 Å². The fourth-order valence-electron chi connectivity index (χ4n) is 1.58. The molecule has 4 nitrogen and oxygen atoms in total. The Morgan fingerprint density at radius 3 is 2.55 bits per heavy atom. The van der Waals surface area contributed by atoms with Gasteiger partial charge in [0.05, 0.1) is 5.75 Å². The SMILES string of the molecule is O=C(CSc1ccccc1)NC(C(=O)O)c1cccs1. The van der Waals surface area contributed by atoms with Gasteiger partial charge < -0.3 is 10.4 Å². The largest absolute Gasteiger partial charge is 0.479 e. The molecule has 0 radical (unpaired) electrons. The molecule has 0 aliphatic rings. The Bertz CT molecular complexity index is 569. The smallest absolute Gasteiger partial charge is 0.331 e. The van der Waals surface area contributed by atoms with Gasteiger partial charge in [0, 0.05) is 9.77 Å². The van der Waals surface area contributed by atoms with Crippen LogP contribution in [-0.4, -0.2) is 22.7 Å². The van der Waals surface area contributed by atoms with Crippen molar-refractivity contribution in [2.75, 3.05) is 5.75 Å². The minimum absolute atomic E-state index is 0.194. The van der Waals surface area contributed by atoms with Gasteiger partial charge in [-0.05, 0) is 23.6 Å². The van der Waals surface area contributed by atoms with Crippen molar-refractivity contribution in [1.29, 1.82) is 0 Å². The molecule has 0 bridgehead atoms. The molecule has 1 aromatic carbocycles. The number of thiophene rings is 1. The number of nitrogens with one attached hydrogen (secondary N) is 1. The molecule has 0 fully saturated rings. The zero-order chi connectivity index (χ0) is 14.4. The van der Waals surface area contributed by atoms with Crippen LogP contribution in [0.25, 0.3) is 0 Å². The van der Waals surface area contributed by atoms with Crippen LogP contribution < -0.4 is 5.32 Å². The Morgan fingerprint density at radius 1 is 1.20 bits per heavy atom. The normalized spacial score (nSPS) is 11.8. The standard InChI is InChI=1S/C14H13NO3S2/c16-12(9-20-10-5-2-1-3-6-10)15-13(14(17)18)11-7-4-8-19-11/h1-8,13H,9H2,(H,15,16)(H,17,18). The molecule has 1 aromatic heterocycles. The summed E-state index contributed by atoms with van der Waals surface area (Å²) in [5.74, 6) is -1.15. The number of thioether (sulfide) groups is 1. The molecule has 2 aromatic rings. The molecule has 0 aliphatic carbocycles. The number of rotatable bonds is 6. The fourth-order valence-corrected chi connectivity index (χ4v) is 3.08. The number of hydrogen-bond acceptors (Lipinski definition) is 4. The van der Waals surface area contributed by atoms with Crippen molar-refractivity contribution in [1.82, 2.24) is 5.32 Å². The van der Waals surface area contributed by atoms with Crippen molar-refractivity contribution in [3.8, 4) is 0 Å². The third-order valence-electron chi connectivity index (χ3n) is 2.49. The van der Waals surface area contributed by atoms with E-state index in [4.69, 9.17) is 5.11 Å². The molecule has 0 saturated heterocycles. The number of hydrogen-bond donors (Lipinski definition) is 2. The number of carbonyl (C=O) groups excluding carboxylic acids is 1. The van der Waals surface area contributed by atoms with Gasteiger partial charge in [-0.25, -0.2) is 4.79 Å². The summed E-state index contributed by atoms with van der Waals surface area (Å²) in [7, 11) is 0.